The number of carboxylic acids is 1. The van der Waals surface area contributed by atoms with Gasteiger partial charge in [-0.15, -0.1) is 0 Å². The highest BCUT2D eigenvalue weighted by Gasteiger charge is 2.28. The van der Waals surface area contributed by atoms with Crippen LogP contribution in [0, 0.1) is 13.8 Å². The number of H-pyrrole nitrogens is 2. The standard InChI is InChI=1S/C10H13N5O4S/c1-5-7(3-11-13-5)4-12-20(18,19)9-6(2)14-15-8(9)10(16)17/h3,12H,4H2,1-2H3,(H,11,13)(H,14,15)(H,16,17). The topological polar surface area (TPSA) is 141 Å². The van der Waals surface area contributed by atoms with Crippen LogP contribution in [0.2, 0.25) is 0 Å². The number of carboxylic acid groups (broad SMARTS) is 1. The van der Waals surface area contributed by atoms with E-state index in [1.807, 2.05) is 0 Å². The van der Waals surface area contributed by atoms with E-state index >= 15 is 0 Å². The van der Waals surface area contributed by atoms with Gasteiger partial charge in [-0.1, -0.05) is 0 Å². The van der Waals surface area contributed by atoms with E-state index in [1.54, 1.807) is 6.92 Å². The Kier molecular flexibility index (Phi) is 3.59. The van der Waals surface area contributed by atoms with Crippen molar-refractivity contribution in [2.75, 3.05) is 0 Å². The van der Waals surface area contributed by atoms with Crippen molar-refractivity contribution >= 4 is 16.0 Å². The molecule has 0 aliphatic rings. The van der Waals surface area contributed by atoms with Crippen LogP contribution < -0.4 is 4.72 Å². The molecule has 0 saturated heterocycles. The molecule has 0 amide bonds. The lowest BCUT2D eigenvalue weighted by molar-refractivity contribution is 0.0686. The van der Waals surface area contributed by atoms with E-state index in [-0.39, 0.29) is 17.1 Å². The van der Waals surface area contributed by atoms with Crippen LogP contribution in [0.15, 0.2) is 11.1 Å². The minimum atomic E-state index is -3.98. The summed E-state index contributed by atoms with van der Waals surface area (Å²) in [5, 5.41) is 21.3. The van der Waals surface area contributed by atoms with Crippen molar-refractivity contribution in [3.8, 4) is 0 Å². The van der Waals surface area contributed by atoms with Gasteiger partial charge in [0, 0.05) is 17.8 Å². The Morgan fingerprint density at radius 2 is 2.05 bits per heavy atom. The summed E-state index contributed by atoms with van der Waals surface area (Å²) in [6, 6.07) is 0. The Labute approximate surface area is 114 Å². The fourth-order valence-electron chi connectivity index (χ4n) is 1.69. The fraction of sp³-hybridized carbons (Fsp3) is 0.300. The summed E-state index contributed by atoms with van der Waals surface area (Å²) in [5.74, 6) is -1.41. The first kappa shape index (κ1) is 14.2. The number of rotatable bonds is 5. The van der Waals surface area contributed by atoms with Gasteiger partial charge in [0.1, 0.15) is 4.90 Å². The van der Waals surface area contributed by atoms with Crippen LogP contribution in [0.3, 0.4) is 0 Å². The molecule has 10 heteroatoms. The summed E-state index contributed by atoms with van der Waals surface area (Å²) >= 11 is 0. The monoisotopic (exact) mass is 299 g/mol. The molecule has 0 aliphatic carbocycles. The third kappa shape index (κ3) is 2.56. The third-order valence-corrected chi connectivity index (χ3v) is 4.31. The average Bonchev–Trinajstić information content (AvgIpc) is 2.93. The number of carbonyl (C=O) groups is 1. The number of aromatic amines is 2. The molecule has 0 radical (unpaired) electrons. The van der Waals surface area contributed by atoms with Crippen LogP contribution in [0.25, 0.3) is 0 Å². The normalized spacial score (nSPS) is 11.7. The average molecular weight is 299 g/mol. The first-order valence-corrected chi connectivity index (χ1v) is 7.08. The molecule has 9 nitrogen and oxygen atoms in total. The number of hydrogen-bond acceptors (Lipinski definition) is 5. The van der Waals surface area contributed by atoms with Crippen LogP contribution >= 0.6 is 0 Å². The number of hydrogen-bond donors (Lipinski definition) is 4. The minimum Gasteiger partial charge on any atom is -0.476 e. The number of aryl methyl sites for hydroxylation is 2. The van der Waals surface area contributed by atoms with Crippen LogP contribution in [-0.2, 0) is 16.6 Å². The minimum absolute atomic E-state index is 0.00828. The second-order valence-corrected chi connectivity index (χ2v) is 5.88. The van der Waals surface area contributed by atoms with Gasteiger partial charge in [-0.25, -0.2) is 17.9 Å². The van der Waals surface area contributed by atoms with Crippen molar-refractivity contribution < 1.29 is 18.3 Å². The maximum Gasteiger partial charge on any atom is 0.357 e. The summed E-state index contributed by atoms with van der Waals surface area (Å²) in [4.78, 5) is 10.6. The molecule has 2 rings (SSSR count). The van der Waals surface area contributed by atoms with Gasteiger partial charge in [0.2, 0.25) is 10.0 Å². The van der Waals surface area contributed by atoms with E-state index in [1.165, 1.54) is 13.1 Å². The smallest absolute Gasteiger partial charge is 0.357 e. The first-order valence-electron chi connectivity index (χ1n) is 5.59. The molecule has 2 heterocycles. The summed E-state index contributed by atoms with van der Waals surface area (Å²) in [6.45, 7) is 3.20. The summed E-state index contributed by atoms with van der Waals surface area (Å²) in [6.07, 6.45) is 1.50. The molecule has 0 aromatic carbocycles. The Morgan fingerprint density at radius 1 is 1.35 bits per heavy atom. The lowest BCUT2D eigenvalue weighted by atomic mass is 10.3. The quantitative estimate of drug-likeness (QED) is 0.609. The predicted molar refractivity (Wildman–Crippen MR) is 67.6 cm³/mol. The largest absolute Gasteiger partial charge is 0.476 e. The van der Waals surface area contributed by atoms with Crippen molar-refractivity contribution in [1.29, 1.82) is 0 Å². The lowest BCUT2D eigenvalue weighted by Crippen LogP contribution is -2.25. The number of aromatic carboxylic acids is 1. The Bertz CT molecular complexity index is 746. The second kappa shape index (κ2) is 5.06. The van der Waals surface area contributed by atoms with Gasteiger partial charge < -0.3 is 5.11 Å². The van der Waals surface area contributed by atoms with Crippen LogP contribution in [-0.4, -0.2) is 39.9 Å². The van der Waals surface area contributed by atoms with E-state index < -0.39 is 21.7 Å². The van der Waals surface area contributed by atoms with Gasteiger partial charge in [0.05, 0.1) is 11.9 Å². The fourth-order valence-corrected chi connectivity index (χ4v) is 3.02. The van der Waals surface area contributed by atoms with Crippen LogP contribution in [0.1, 0.15) is 27.4 Å². The number of sulfonamides is 1. The van der Waals surface area contributed by atoms with Gasteiger partial charge in [-0.2, -0.15) is 10.2 Å². The van der Waals surface area contributed by atoms with Crippen molar-refractivity contribution in [2.45, 2.75) is 25.3 Å². The van der Waals surface area contributed by atoms with Crippen LogP contribution in [0.4, 0.5) is 0 Å². The molecular weight excluding hydrogens is 286 g/mol. The molecule has 0 unspecified atom stereocenters. The van der Waals surface area contributed by atoms with Gasteiger partial charge in [0.25, 0.3) is 0 Å². The molecule has 0 atom stereocenters. The maximum absolute atomic E-state index is 12.2. The Balaban J connectivity index is 2.29. The first-order chi connectivity index (χ1) is 9.33. The zero-order valence-electron chi connectivity index (χ0n) is 10.8. The van der Waals surface area contributed by atoms with E-state index in [2.05, 4.69) is 25.1 Å². The third-order valence-electron chi connectivity index (χ3n) is 2.75. The Hall–Kier alpha value is -2.20. The van der Waals surface area contributed by atoms with E-state index in [9.17, 15) is 13.2 Å². The molecule has 2 aromatic heterocycles. The SMILES string of the molecule is Cc1[nH]ncc1CNS(=O)(=O)c1c(C(=O)O)n[nH]c1C. The van der Waals surface area contributed by atoms with Gasteiger partial charge >= 0.3 is 5.97 Å². The van der Waals surface area contributed by atoms with E-state index in [0.717, 1.165) is 5.69 Å². The van der Waals surface area contributed by atoms with Crippen LogP contribution in [0.5, 0.6) is 0 Å². The van der Waals surface area contributed by atoms with Crippen molar-refractivity contribution in [1.82, 2.24) is 25.1 Å². The van der Waals surface area contributed by atoms with Crippen molar-refractivity contribution in [3.63, 3.8) is 0 Å². The highest BCUT2D eigenvalue weighted by molar-refractivity contribution is 7.89. The number of nitrogens with zero attached hydrogens (tertiary/aromatic N) is 2. The predicted octanol–water partition coefficient (Wildman–Crippen LogP) is -0.0737. The molecule has 0 aliphatic heterocycles. The highest BCUT2D eigenvalue weighted by atomic mass is 32.2. The Morgan fingerprint density at radius 3 is 2.60 bits per heavy atom. The van der Waals surface area contributed by atoms with E-state index in [0.29, 0.717) is 5.56 Å². The van der Waals surface area contributed by atoms with Gasteiger partial charge in [-0.05, 0) is 13.8 Å². The molecule has 108 valence electrons. The molecule has 4 N–H and O–H groups in total. The zero-order valence-corrected chi connectivity index (χ0v) is 11.6. The zero-order chi connectivity index (χ0) is 14.9. The number of nitrogens with one attached hydrogen (secondary N) is 3. The van der Waals surface area contributed by atoms with Crippen molar-refractivity contribution in [3.05, 3.63) is 28.8 Å². The molecule has 0 bridgehead atoms. The molecule has 2 aromatic rings. The molecule has 0 saturated carbocycles. The highest BCUT2D eigenvalue weighted by Crippen LogP contribution is 2.18. The second-order valence-electron chi connectivity index (χ2n) is 4.18. The van der Waals surface area contributed by atoms with Gasteiger partial charge in [-0.3, -0.25) is 10.2 Å². The summed E-state index contributed by atoms with van der Waals surface area (Å²) in [7, 11) is -3.98. The summed E-state index contributed by atoms with van der Waals surface area (Å²) in [5.41, 5.74) is 1.04. The lowest BCUT2D eigenvalue weighted by Gasteiger charge is -2.06. The van der Waals surface area contributed by atoms with Gasteiger partial charge in [0.15, 0.2) is 5.69 Å². The maximum atomic E-state index is 12.2. The number of aromatic nitrogens is 4. The molecule has 0 spiro atoms. The van der Waals surface area contributed by atoms with E-state index in [4.69, 9.17) is 5.11 Å². The van der Waals surface area contributed by atoms with Crippen molar-refractivity contribution in [2.24, 2.45) is 0 Å². The molecular formula is C10H13N5O4S. The summed E-state index contributed by atoms with van der Waals surface area (Å²) < 4.78 is 26.7. The molecule has 0 fully saturated rings. The molecule has 20 heavy (non-hydrogen) atoms.